The fraction of sp³-hybridized carbons (Fsp3) is 0.429. The van der Waals surface area contributed by atoms with Gasteiger partial charge in [-0.3, -0.25) is 0 Å². The summed E-state index contributed by atoms with van der Waals surface area (Å²) in [6, 6.07) is 5.75. The summed E-state index contributed by atoms with van der Waals surface area (Å²) in [5, 5.41) is 18.7. The van der Waals surface area contributed by atoms with E-state index >= 15 is 0 Å². The van der Waals surface area contributed by atoms with Gasteiger partial charge in [0.25, 0.3) is 0 Å². The lowest BCUT2D eigenvalue weighted by Crippen LogP contribution is -2.20. The van der Waals surface area contributed by atoms with E-state index in [-0.39, 0.29) is 5.56 Å². The van der Waals surface area contributed by atoms with Crippen molar-refractivity contribution < 1.29 is 14.6 Å². The Kier molecular flexibility index (Phi) is 3.81. The number of hydrogen-bond donors (Lipinski definition) is 1. The van der Waals surface area contributed by atoms with Crippen LogP contribution in [0.2, 0.25) is 0 Å². The quantitative estimate of drug-likeness (QED) is 0.924. The Labute approximate surface area is 120 Å². The molecule has 1 aromatic carbocycles. The number of benzene rings is 1. The van der Waals surface area contributed by atoms with Crippen LogP contribution in [0.4, 0.5) is 0 Å². The van der Waals surface area contributed by atoms with Gasteiger partial charge < -0.3 is 9.84 Å². The van der Waals surface area contributed by atoms with Crippen LogP contribution >= 0.6 is 15.9 Å². The van der Waals surface area contributed by atoms with E-state index in [1.54, 1.807) is 12.1 Å². The summed E-state index contributed by atoms with van der Waals surface area (Å²) in [5.41, 5.74) is 0.296. The van der Waals surface area contributed by atoms with E-state index in [2.05, 4.69) is 22.0 Å². The van der Waals surface area contributed by atoms with Gasteiger partial charge >= 0.3 is 5.97 Å². The molecule has 4 nitrogen and oxygen atoms in total. The molecule has 0 heterocycles. The lowest BCUT2D eigenvalue weighted by molar-refractivity contribution is 0.0693. The third-order valence-electron chi connectivity index (χ3n) is 3.70. The highest BCUT2D eigenvalue weighted by Gasteiger charge is 2.37. The molecule has 0 saturated heterocycles. The van der Waals surface area contributed by atoms with Crippen molar-refractivity contribution >= 4 is 21.9 Å². The Morgan fingerprint density at radius 3 is 2.58 bits per heavy atom. The molecule has 2 rings (SSSR count). The minimum atomic E-state index is -1.05. The van der Waals surface area contributed by atoms with E-state index in [0.717, 1.165) is 31.2 Å². The summed E-state index contributed by atoms with van der Waals surface area (Å²) in [6.07, 6.45) is 3.56. The highest BCUT2D eigenvalue weighted by molar-refractivity contribution is 9.10. The number of ether oxygens (including phenoxy) is 1. The molecule has 1 aliphatic rings. The lowest BCUT2D eigenvalue weighted by atomic mass is 9.80. The molecule has 0 unspecified atom stereocenters. The summed E-state index contributed by atoms with van der Waals surface area (Å²) in [5.74, 6) is -0.757. The number of carboxylic acid groups (broad SMARTS) is 1. The molecule has 1 aromatic rings. The fourth-order valence-electron chi connectivity index (χ4n) is 2.68. The third kappa shape index (κ3) is 2.33. The van der Waals surface area contributed by atoms with Crippen LogP contribution in [-0.4, -0.2) is 18.2 Å². The molecule has 1 saturated carbocycles. The van der Waals surface area contributed by atoms with Crippen LogP contribution in [-0.2, 0) is 5.41 Å². The van der Waals surface area contributed by atoms with E-state index in [4.69, 9.17) is 4.74 Å². The van der Waals surface area contributed by atoms with Crippen molar-refractivity contribution in [2.24, 2.45) is 0 Å². The third-order valence-corrected chi connectivity index (χ3v) is 4.29. The van der Waals surface area contributed by atoms with E-state index in [1.807, 2.05) is 0 Å². The summed E-state index contributed by atoms with van der Waals surface area (Å²) >= 11 is 3.33. The smallest absolute Gasteiger partial charge is 0.339 e. The zero-order chi connectivity index (χ0) is 14.0. The van der Waals surface area contributed by atoms with Gasteiger partial charge in [0.15, 0.2) is 0 Å². The highest BCUT2D eigenvalue weighted by Crippen LogP contribution is 2.43. The molecule has 100 valence electrons. The Bertz CT molecular complexity index is 557. The number of nitriles is 1. The molecule has 0 bridgehead atoms. The summed E-state index contributed by atoms with van der Waals surface area (Å²) < 4.78 is 5.69. The topological polar surface area (TPSA) is 70.3 Å². The van der Waals surface area contributed by atoms with E-state index in [1.165, 1.54) is 7.11 Å². The Hall–Kier alpha value is -1.54. The lowest BCUT2D eigenvalue weighted by Gasteiger charge is -2.22. The van der Waals surface area contributed by atoms with Gasteiger partial charge in [0.05, 0.1) is 23.1 Å². The van der Waals surface area contributed by atoms with Crippen molar-refractivity contribution in [3.63, 3.8) is 0 Å². The molecule has 0 atom stereocenters. The highest BCUT2D eigenvalue weighted by atomic mass is 79.9. The number of aromatic carboxylic acids is 1. The Morgan fingerprint density at radius 1 is 1.47 bits per heavy atom. The molecule has 0 spiro atoms. The van der Waals surface area contributed by atoms with Crippen LogP contribution in [0.15, 0.2) is 16.6 Å². The maximum Gasteiger partial charge on any atom is 0.339 e. The predicted molar refractivity (Wildman–Crippen MR) is 73.4 cm³/mol. The zero-order valence-corrected chi connectivity index (χ0v) is 12.2. The molecule has 1 aliphatic carbocycles. The second kappa shape index (κ2) is 5.22. The van der Waals surface area contributed by atoms with Crippen molar-refractivity contribution in [1.82, 2.24) is 0 Å². The number of rotatable bonds is 3. The SMILES string of the molecule is COc1c(Br)cc(C2(C#N)CCCC2)cc1C(=O)O. The standard InChI is InChI=1S/C14H14BrNO3/c1-19-12-10(13(17)18)6-9(7-11(12)15)14(8-16)4-2-3-5-14/h6-7H,2-5H2,1H3,(H,17,18). The monoisotopic (exact) mass is 323 g/mol. The molecule has 19 heavy (non-hydrogen) atoms. The first-order valence-electron chi connectivity index (χ1n) is 6.06. The van der Waals surface area contributed by atoms with Gasteiger partial charge in [-0.25, -0.2) is 4.79 Å². The minimum absolute atomic E-state index is 0.0911. The Morgan fingerprint density at radius 2 is 2.11 bits per heavy atom. The number of methoxy groups -OCH3 is 1. The van der Waals surface area contributed by atoms with Crippen LogP contribution < -0.4 is 4.74 Å². The maximum absolute atomic E-state index is 11.3. The molecule has 0 aliphatic heterocycles. The van der Waals surface area contributed by atoms with E-state index in [0.29, 0.717) is 10.2 Å². The minimum Gasteiger partial charge on any atom is -0.495 e. The number of hydrogen-bond acceptors (Lipinski definition) is 3. The first-order valence-corrected chi connectivity index (χ1v) is 6.86. The molecule has 0 radical (unpaired) electrons. The van der Waals surface area contributed by atoms with Crippen molar-refractivity contribution in [1.29, 1.82) is 5.26 Å². The molecular weight excluding hydrogens is 310 g/mol. The van der Waals surface area contributed by atoms with Gasteiger partial charge in [0, 0.05) is 0 Å². The van der Waals surface area contributed by atoms with Crippen molar-refractivity contribution in [2.75, 3.05) is 7.11 Å². The Balaban J connectivity index is 2.60. The van der Waals surface area contributed by atoms with Crippen molar-refractivity contribution in [2.45, 2.75) is 31.1 Å². The van der Waals surface area contributed by atoms with Gasteiger partial charge in [-0.15, -0.1) is 0 Å². The summed E-state index contributed by atoms with van der Waals surface area (Å²) in [7, 11) is 1.43. The number of halogens is 1. The van der Waals surface area contributed by atoms with Gasteiger partial charge in [-0.2, -0.15) is 5.26 Å². The zero-order valence-electron chi connectivity index (χ0n) is 10.6. The normalized spacial score (nSPS) is 16.9. The summed E-state index contributed by atoms with van der Waals surface area (Å²) in [4.78, 5) is 11.3. The van der Waals surface area contributed by atoms with Gasteiger partial charge in [0.2, 0.25) is 0 Å². The predicted octanol–water partition coefficient (Wildman–Crippen LogP) is 3.49. The molecule has 0 aromatic heterocycles. The average Bonchev–Trinajstić information content (AvgIpc) is 2.87. The van der Waals surface area contributed by atoms with Crippen LogP contribution in [0.3, 0.4) is 0 Å². The van der Waals surface area contributed by atoms with Crippen molar-refractivity contribution in [3.05, 3.63) is 27.7 Å². The maximum atomic E-state index is 11.3. The molecular formula is C14H14BrNO3. The fourth-order valence-corrected chi connectivity index (χ4v) is 3.30. The van der Waals surface area contributed by atoms with Gasteiger partial charge in [-0.05, 0) is 46.5 Å². The second-order valence-electron chi connectivity index (χ2n) is 4.75. The van der Waals surface area contributed by atoms with Gasteiger partial charge in [0.1, 0.15) is 11.3 Å². The van der Waals surface area contributed by atoms with Gasteiger partial charge in [-0.1, -0.05) is 12.8 Å². The van der Waals surface area contributed by atoms with E-state index in [9.17, 15) is 15.2 Å². The van der Waals surface area contributed by atoms with Crippen LogP contribution in [0.1, 0.15) is 41.6 Å². The van der Waals surface area contributed by atoms with E-state index < -0.39 is 11.4 Å². The first kappa shape index (κ1) is 13.9. The molecule has 1 N–H and O–H groups in total. The molecule has 5 heteroatoms. The average molecular weight is 324 g/mol. The van der Waals surface area contributed by atoms with Crippen LogP contribution in [0.5, 0.6) is 5.75 Å². The number of carbonyl (C=O) groups is 1. The van der Waals surface area contributed by atoms with Crippen LogP contribution in [0, 0.1) is 11.3 Å². The number of nitrogens with zero attached hydrogens (tertiary/aromatic N) is 1. The molecule has 1 fully saturated rings. The van der Waals surface area contributed by atoms with Crippen LogP contribution in [0.25, 0.3) is 0 Å². The van der Waals surface area contributed by atoms with Crippen molar-refractivity contribution in [3.8, 4) is 11.8 Å². The first-order chi connectivity index (χ1) is 9.04. The summed E-state index contributed by atoms with van der Waals surface area (Å²) in [6.45, 7) is 0. The number of carboxylic acids is 1. The molecule has 0 amide bonds. The largest absolute Gasteiger partial charge is 0.495 e. The second-order valence-corrected chi connectivity index (χ2v) is 5.60.